The highest BCUT2D eigenvalue weighted by Crippen LogP contribution is 2.56. The second kappa shape index (κ2) is 3.82. The summed E-state index contributed by atoms with van der Waals surface area (Å²) in [6.45, 7) is 5.36. The molecule has 1 aromatic heterocycles. The second-order valence-corrected chi connectivity index (χ2v) is 6.24. The highest BCUT2D eigenvalue weighted by atomic mass is 16.5. The zero-order valence-electron chi connectivity index (χ0n) is 11.3. The van der Waals surface area contributed by atoms with Crippen molar-refractivity contribution < 1.29 is 9.53 Å². The first kappa shape index (κ1) is 11.5. The van der Waals surface area contributed by atoms with Crippen molar-refractivity contribution in [3.05, 3.63) is 17.0 Å². The number of carbonyl (C=O) groups excluding carboxylic acids is 1. The average molecular weight is 261 g/mol. The van der Waals surface area contributed by atoms with Gasteiger partial charge in [-0.3, -0.25) is 9.89 Å². The summed E-state index contributed by atoms with van der Waals surface area (Å²) in [5, 5.41) is 7.37. The molecule has 0 spiro atoms. The Morgan fingerprint density at radius 3 is 2.84 bits per heavy atom. The topological polar surface area (TPSA) is 58.2 Å². The summed E-state index contributed by atoms with van der Waals surface area (Å²) in [4.78, 5) is 14.5. The van der Waals surface area contributed by atoms with Crippen LogP contribution in [-0.2, 0) is 11.2 Å². The number of morpholine rings is 1. The number of ether oxygens (including phenoxy) is 1. The molecule has 19 heavy (non-hydrogen) atoms. The molecule has 0 aromatic carbocycles. The van der Waals surface area contributed by atoms with Gasteiger partial charge < -0.3 is 9.64 Å². The van der Waals surface area contributed by atoms with Crippen LogP contribution in [-0.4, -0.2) is 46.3 Å². The predicted molar refractivity (Wildman–Crippen MR) is 69.1 cm³/mol. The van der Waals surface area contributed by atoms with Gasteiger partial charge in [0.25, 0.3) is 5.91 Å². The zero-order valence-corrected chi connectivity index (χ0v) is 11.3. The van der Waals surface area contributed by atoms with Gasteiger partial charge in [0, 0.05) is 30.3 Å². The number of hydrogen-bond acceptors (Lipinski definition) is 3. The van der Waals surface area contributed by atoms with Crippen LogP contribution in [0.2, 0.25) is 0 Å². The van der Waals surface area contributed by atoms with E-state index in [1.807, 2.05) is 18.7 Å². The van der Waals surface area contributed by atoms with Crippen molar-refractivity contribution in [1.82, 2.24) is 15.1 Å². The smallest absolute Gasteiger partial charge is 0.274 e. The number of amides is 1. The Hall–Kier alpha value is -1.36. The number of carbonyl (C=O) groups is 1. The Labute approximate surface area is 112 Å². The molecule has 5 nitrogen and oxygen atoms in total. The van der Waals surface area contributed by atoms with Crippen LogP contribution < -0.4 is 0 Å². The molecule has 1 aliphatic heterocycles. The molecule has 2 unspecified atom stereocenters. The van der Waals surface area contributed by atoms with Crippen molar-refractivity contribution in [3.8, 4) is 0 Å². The van der Waals surface area contributed by atoms with Gasteiger partial charge >= 0.3 is 0 Å². The molecular formula is C14H19N3O2. The molecule has 102 valence electrons. The minimum Gasteiger partial charge on any atom is -0.372 e. The first-order chi connectivity index (χ1) is 9.13. The number of H-pyrrole nitrogens is 1. The van der Waals surface area contributed by atoms with E-state index in [-0.39, 0.29) is 18.1 Å². The fourth-order valence-electron chi connectivity index (χ4n) is 3.65. The number of aromatic amines is 1. The number of hydrogen-bond donors (Lipinski definition) is 1. The van der Waals surface area contributed by atoms with Crippen molar-refractivity contribution in [3.63, 3.8) is 0 Å². The quantitative estimate of drug-likeness (QED) is 0.829. The van der Waals surface area contributed by atoms with E-state index in [1.165, 1.54) is 17.7 Å². The van der Waals surface area contributed by atoms with E-state index >= 15 is 0 Å². The van der Waals surface area contributed by atoms with Crippen molar-refractivity contribution >= 4 is 5.91 Å². The van der Waals surface area contributed by atoms with Gasteiger partial charge in [-0.05, 0) is 32.6 Å². The molecule has 1 N–H and O–H groups in total. The van der Waals surface area contributed by atoms with Gasteiger partial charge in [0.1, 0.15) is 0 Å². The molecule has 2 heterocycles. The monoisotopic (exact) mass is 261 g/mol. The molecule has 3 aliphatic rings. The number of nitrogens with one attached hydrogen (secondary N) is 1. The van der Waals surface area contributed by atoms with Crippen molar-refractivity contribution in [1.29, 1.82) is 0 Å². The molecule has 1 saturated heterocycles. The maximum atomic E-state index is 12.6. The van der Waals surface area contributed by atoms with Gasteiger partial charge in [0.05, 0.1) is 12.2 Å². The minimum absolute atomic E-state index is 0.0702. The molecule has 2 fully saturated rings. The number of fused-ring (bicyclic) bond motifs is 3. The maximum absolute atomic E-state index is 12.6. The standard InChI is InChI=1S/C14H19N3O2/c1-7-5-17(6-8(2)19-7)14(18)13-11-4-9-3-10(9)12(11)15-16-13/h7-10H,3-6H2,1-2H3,(H,15,16)/t7-,8+,9?,10?. The normalized spacial score (nSPS) is 36.0. The van der Waals surface area contributed by atoms with E-state index in [2.05, 4.69) is 10.2 Å². The van der Waals surface area contributed by atoms with Gasteiger partial charge in [0.15, 0.2) is 5.69 Å². The van der Waals surface area contributed by atoms with Crippen LogP contribution in [0.1, 0.15) is 47.9 Å². The van der Waals surface area contributed by atoms with E-state index in [9.17, 15) is 4.79 Å². The van der Waals surface area contributed by atoms with Gasteiger partial charge in [0.2, 0.25) is 0 Å². The minimum atomic E-state index is 0.0702. The Morgan fingerprint density at radius 2 is 2.11 bits per heavy atom. The van der Waals surface area contributed by atoms with E-state index in [1.54, 1.807) is 0 Å². The van der Waals surface area contributed by atoms with Gasteiger partial charge in [-0.15, -0.1) is 0 Å². The van der Waals surface area contributed by atoms with Crippen molar-refractivity contribution in [2.24, 2.45) is 5.92 Å². The summed E-state index contributed by atoms with van der Waals surface area (Å²) in [6, 6.07) is 0. The van der Waals surface area contributed by atoms with Crippen LogP contribution in [0.15, 0.2) is 0 Å². The lowest BCUT2D eigenvalue weighted by Gasteiger charge is -2.35. The molecule has 2 aliphatic carbocycles. The third kappa shape index (κ3) is 1.71. The van der Waals surface area contributed by atoms with Crippen LogP contribution in [0.4, 0.5) is 0 Å². The summed E-state index contributed by atoms with van der Waals surface area (Å²) < 4.78 is 5.68. The molecular weight excluding hydrogens is 242 g/mol. The average Bonchev–Trinajstić information content (AvgIpc) is 2.84. The van der Waals surface area contributed by atoms with Gasteiger partial charge in [-0.2, -0.15) is 5.10 Å². The van der Waals surface area contributed by atoms with E-state index in [0.717, 1.165) is 12.3 Å². The molecule has 5 heteroatoms. The highest BCUT2D eigenvalue weighted by molar-refractivity contribution is 5.94. The van der Waals surface area contributed by atoms with Gasteiger partial charge in [-0.25, -0.2) is 0 Å². The lowest BCUT2D eigenvalue weighted by Crippen LogP contribution is -2.48. The number of rotatable bonds is 1. The molecule has 1 amide bonds. The van der Waals surface area contributed by atoms with Crippen LogP contribution in [0.5, 0.6) is 0 Å². The Balaban J connectivity index is 1.59. The molecule has 1 saturated carbocycles. The summed E-state index contributed by atoms with van der Waals surface area (Å²) in [6.07, 6.45) is 2.52. The Bertz CT molecular complexity index is 529. The molecule has 0 radical (unpaired) electrons. The largest absolute Gasteiger partial charge is 0.372 e. The summed E-state index contributed by atoms with van der Waals surface area (Å²) in [7, 11) is 0. The van der Waals surface area contributed by atoms with Crippen LogP contribution in [0.25, 0.3) is 0 Å². The maximum Gasteiger partial charge on any atom is 0.274 e. The molecule has 0 bridgehead atoms. The van der Waals surface area contributed by atoms with E-state index in [4.69, 9.17) is 4.74 Å². The second-order valence-electron chi connectivity index (χ2n) is 6.24. The Kier molecular flexibility index (Phi) is 2.31. The molecule has 4 atom stereocenters. The lowest BCUT2D eigenvalue weighted by atomic mass is 10.1. The number of nitrogens with zero attached hydrogens (tertiary/aromatic N) is 2. The fraction of sp³-hybridized carbons (Fsp3) is 0.714. The third-order valence-corrected chi connectivity index (χ3v) is 4.57. The summed E-state index contributed by atoms with van der Waals surface area (Å²) in [5.41, 5.74) is 3.06. The lowest BCUT2D eigenvalue weighted by molar-refractivity contribution is -0.0587. The van der Waals surface area contributed by atoms with E-state index in [0.29, 0.717) is 24.7 Å². The summed E-state index contributed by atoms with van der Waals surface area (Å²) in [5.74, 6) is 1.51. The van der Waals surface area contributed by atoms with Crippen LogP contribution in [0, 0.1) is 5.92 Å². The van der Waals surface area contributed by atoms with Crippen molar-refractivity contribution in [2.75, 3.05) is 13.1 Å². The predicted octanol–water partition coefficient (Wildman–Crippen LogP) is 1.32. The molecule has 1 aromatic rings. The van der Waals surface area contributed by atoms with Gasteiger partial charge in [-0.1, -0.05) is 0 Å². The molecule has 4 rings (SSSR count). The van der Waals surface area contributed by atoms with Crippen molar-refractivity contribution in [2.45, 2.75) is 44.8 Å². The number of aromatic nitrogens is 2. The SMILES string of the molecule is C[C@@H]1CN(C(=O)c2n[nH]c3c2CC2CC32)C[C@H](C)O1. The summed E-state index contributed by atoms with van der Waals surface area (Å²) >= 11 is 0. The Morgan fingerprint density at radius 1 is 1.37 bits per heavy atom. The first-order valence-electron chi connectivity index (χ1n) is 7.15. The zero-order chi connectivity index (χ0) is 13.1. The highest BCUT2D eigenvalue weighted by Gasteiger charge is 2.48. The fourth-order valence-corrected chi connectivity index (χ4v) is 3.65. The van der Waals surface area contributed by atoms with E-state index < -0.39 is 0 Å². The third-order valence-electron chi connectivity index (χ3n) is 4.57. The first-order valence-corrected chi connectivity index (χ1v) is 7.15. The van der Waals surface area contributed by atoms with Crippen LogP contribution in [0.3, 0.4) is 0 Å². The van der Waals surface area contributed by atoms with Crippen LogP contribution >= 0.6 is 0 Å².